The molecule has 1 saturated carbocycles. The van der Waals surface area contributed by atoms with Crippen LogP contribution in [0, 0.1) is 5.92 Å². The molecule has 0 heterocycles. The fraction of sp³-hybridized carbons (Fsp3) is 0.917. The summed E-state index contributed by atoms with van der Waals surface area (Å²) in [6.45, 7) is 5.54. The van der Waals surface area contributed by atoms with Crippen molar-refractivity contribution >= 4 is 5.91 Å². The van der Waals surface area contributed by atoms with Gasteiger partial charge in [0.05, 0.1) is 12.6 Å². The van der Waals surface area contributed by atoms with Gasteiger partial charge in [0.15, 0.2) is 0 Å². The molecule has 0 aromatic carbocycles. The zero-order valence-electron chi connectivity index (χ0n) is 10.4. The standard InChI is InChI=1S/C12H24N2O2/c1-9(2)7-14(8-12(13)16)10-3-5-11(15)6-4-10/h9-11,15H,3-8H2,1-2H3,(H2,13,16). The Morgan fingerprint density at radius 3 is 2.38 bits per heavy atom. The molecule has 4 nitrogen and oxygen atoms in total. The highest BCUT2D eigenvalue weighted by Crippen LogP contribution is 2.23. The molecule has 0 unspecified atom stereocenters. The van der Waals surface area contributed by atoms with Gasteiger partial charge in [0, 0.05) is 12.6 Å². The molecule has 0 saturated heterocycles. The Hall–Kier alpha value is -0.610. The van der Waals surface area contributed by atoms with Gasteiger partial charge < -0.3 is 10.8 Å². The molecule has 1 amide bonds. The summed E-state index contributed by atoms with van der Waals surface area (Å²) in [5.41, 5.74) is 5.27. The molecule has 1 fully saturated rings. The van der Waals surface area contributed by atoms with Crippen molar-refractivity contribution in [1.29, 1.82) is 0 Å². The van der Waals surface area contributed by atoms with Crippen LogP contribution in [0.5, 0.6) is 0 Å². The lowest BCUT2D eigenvalue weighted by atomic mass is 9.91. The van der Waals surface area contributed by atoms with E-state index in [0.717, 1.165) is 32.2 Å². The maximum Gasteiger partial charge on any atom is 0.231 e. The maximum absolute atomic E-state index is 11.0. The second kappa shape index (κ2) is 6.21. The first-order valence-electron chi connectivity index (χ1n) is 6.19. The van der Waals surface area contributed by atoms with Crippen LogP contribution >= 0.6 is 0 Å². The van der Waals surface area contributed by atoms with Gasteiger partial charge in [-0.1, -0.05) is 13.8 Å². The Morgan fingerprint density at radius 1 is 1.38 bits per heavy atom. The van der Waals surface area contributed by atoms with Crippen LogP contribution in [-0.4, -0.2) is 41.1 Å². The maximum atomic E-state index is 11.0. The minimum absolute atomic E-state index is 0.147. The predicted octanol–water partition coefficient (Wildman–Crippen LogP) is 0.733. The Bertz CT molecular complexity index is 223. The SMILES string of the molecule is CC(C)CN(CC(N)=O)C1CCC(O)CC1. The highest BCUT2D eigenvalue weighted by Gasteiger charge is 2.25. The van der Waals surface area contributed by atoms with E-state index in [4.69, 9.17) is 5.73 Å². The van der Waals surface area contributed by atoms with Crippen LogP contribution in [-0.2, 0) is 4.79 Å². The smallest absolute Gasteiger partial charge is 0.231 e. The molecule has 4 heteroatoms. The number of aliphatic hydroxyl groups is 1. The Morgan fingerprint density at radius 2 is 1.94 bits per heavy atom. The van der Waals surface area contributed by atoms with Crippen molar-refractivity contribution in [2.75, 3.05) is 13.1 Å². The number of carbonyl (C=O) groups is 1. The summed E-state index contributed by atoms with van der Waals surface area (Å²) >= 11 is 0. The monoisotopic (exact) mass is 228 g/mol. The number of primary amides is 1. The molecule has 0 atom stereocenters. The topological polar surface area (TPSA) is 66.6 Å². The molecule has 1 aliphatic carbocycles. The average molecular weight is 228 g/mol. The third-order valence-corrected chi connectivity index (χ3v) is 3.14. The van der Waals surface area contributed by atoms with Crippen molar-refractivity contribution in [3.63, 3.8) is 0 Å². The van der Waals surface area contributed by atoms with Gasteiger partial charge in [-0.05, 0) is 31.6 Å². The molecule has 94 valence electrons. The molecular formula is C12H24N2O2. The summed E-state index contributed by atoms with van der Waals surface area (Å²) in [5, 5.41) is 9.46. The minimum Gasteiger partial charge on any atom is -0.393 e. The van der Waals surface area contributed by atoms with E-state index in [-0.39, 0.29) is 12.0 Å². The number of aliphatic hydroxyl groups excluding tert-OH is 1. The highest BCUT2D eigenvalue weighted by atomic mass is 16.3. The van der Waals surface area contributed by atoms with Crippen molar-refractivity contribution in [3.05, 3.63) is 0 Å². The second-order valence-corrected chi connectivity index (χ2v) is 5.25. The molecule has 1 rings (SSSR count). The van der Waals surface area contributed by atoms with Crippen LogP contribution in [0.1, 0.15) is 39.5 Å². The minimum atomic E-state index is -0.258. The van der Waals surface area contributed by atoms with Crippen molar-refractivity contribution in [2.45, 2.75) is 51.7 Å². The quantitative estimate of drug-likeness (QED) is 0.729. The summed E-state index contributed by atoms with van der Waals surface area (Å²) in [6, 6.07) is 0.415. The first kappa shape index (κ1) is 13.5. The van der Waals surface area contributed by atoms with E-state index in [2.05, 4.69) is 18.7 Å². The van der Waals surface area contributed by atoms with Crippen LogP contribution in [0.3, 0.4) is 0 Å². The molecule has 0 aromatic heterocycles. The molecule has 0 aromatic rings. The lowest BCUT2D eigenvalue weighted by molar-refractivity contribution is -0.120. The zero-order valence-corrected chi connectivity index (χ0v) is 10.4. The number of carbonyl (C=O) groups excluding carboxylic acids is 1. The van der Waals surface area contributed by atoms with E-state index in [0.29, 0.717) is 18.5 Å². The molecule has 1 aliphatic rings. The number of rotatable bonds is 5. The third-order valence-electron chi connectivity index (χ3n) is 3.14. The third kappa shape index (κ3) is 4.49. The van der Waals surface area contributed by atoms with Crippen LogP contribution in [0.25, 0.3) is 0 Å². The first-order chi connectivity index (χ1) is 7.49. The van der Waals surface area contributed by atoms with E-state index in [1.54, 1.807) is 0 Å². The van der Waals surface area contributed by atoms with E-state index in [1.165, 1.54) is 0 Å². The first-order valence-corrected chi connectivity index (χ1v) is 6.19. The van der Waals surface area contributed by atoms with Crippen LogP contribution < -0.4 is 5.73 Å². The van der Waals surface area contributed by atoms with Crippen LogP contribution in [0.4, 0.5) is 0 Å². The zero-order chi connectivity index (χ0) is 12.1. The summed E-state index contributed by atoms with van der Waals surface area (Å²) in [5.74, 6) is 0.276. The fourth-order valence-corrected chi connectivity index (χ4v) is 2.44. The molecule has 0 aliphatic heterocycles. The van der Waals surface area contributed by atoms with Gasteiger partial charge >= 0.3 is 0 Å². The van der Waals surface area contributed by atoms with Crippen LogP contribution in [0.2, 0.25) is 0 Å². The molecule has 16 heavy (non-hydrogen) atoms. The normalized spacial score (nSPS) is 26.3. The van der Waals surface area contributed by atoms with E-state index in [9.17, 15) is 9.90 Å². The summed E-state index contributed by atoms with van der Waals surface area (Å²) in [7, 11) is 0. The summed E-state index contributed by atoms with van der Waals surface area (Å²) in [6.07, 6.45) is 3.49. The lowest BCUT2D eigenvalue weighted by Crippen LogP contribution is -2.45. The number of amides is 1. The average Bonchev–Trinajstić information content (AvgIpc) is 2.16. The summed E-state index contributed by atoms with van der Waals surface area (Å²) in [4.78, 5) is 13.2. The van der Waals surface area contributed by atoms with E-state index < -0.39 is 0 Å². The predicted molar refractivity (Wildman–Crippen MR) is 63.9 cm³/mol. The number of hydrogen-bond donors (Lipinski definition) is 2. The van der Waals surface area contributed by atoms with E-state index >= 15 is 0 Å². The van der Waals surface area contributed by atoms with Gasteiger partial charge in [-0.15, -0.1) is 0 Å². The highest BCUT2D eigenvalue weighted by molar-refractivity contribution is 5.75. The van der Waals surface area contributed by atoms with Crippen LogP contribution in [0.15, 0.2) is 0 Å². The lowest BCUT2D eigenvalue weighted by Gasteiger charge is -2.35. The van der Waals surface area contributed by atoms with Crippen molar-refractivity contribution in [3.8, 4) is 0 Å². The van der Waals surface area contributed by atoms with Crippen molar-refractivity contribution in [2.24, 2.45) is 11.7 Å². The van der Waals surface area contributed by atoms with Gasteiger partial charge in [-0.3, -0.25) is 9.69 Å². The fourth-order valence-electron chi connectivity index (χ4n) is 2.44. The van der Waals surface area contributed by atoms with E-state index in [1.807, 2.05) is 0 Å². The molecule has 0 bridgehead atoms. The Labute approximate surface area is 97.8 Å². The van der Waals surface area contributed by atoms with Gasteiger partial charge in [-0.2, -0.15) is 0 Å². The molecular weight excluding hydrogens is 204 g/mol. The van der Waals surface area contributed by atoms with Gasteiger partial charge in [0.2, 0.25) is 5.91 Å². The number of nitrogens with two attached hydrogens (primary N) is 1. The molecule has 3 N–H and O–H groups in total. The van der Waals surface area contributed by atoms with Crippen molar-refractivity contribution < 1.29 is 9.90 Å². The Kier molecular flexibility index (Phi) is 5.22. The Balaban J connectivity index is 2.50. The van der Waals surface area contributed by atoms with Crippen molar-refractivity contribution in [1.82, 2.24) is 4.90 Å². The molecule has 0 radical (unpaired) electrons. The van der Waals surface area contributed by atoms with Gasteiger partial charge in [0.1, 0.15) is 0 Å². The summed E-state index contributed by atoms with van der Waals surface area (Å²) < 4.78 is 0. The van der Waals surface area contributed by atoms with Gasteiger partial charge in [-0.25, -0.2) is 0 Å². The second-order valence-electron chi connectivity index (χ2n) is 5.25. The molecule has 0 spiro atoms. The largest absolute Gasteiger partial charge is 0.393 e. The number of nitrogens with zero attached hydrogens (tertiary/aromatic N) is 1. The number of hydrogen-bond acceptors (Lipinski definition) is 3. The van der Waals surface area contributed by atoms with Gasteiger partial charge in [0.25, 0.3) is 0 Å².